The van der Waals surface area contributed by atoms with Gasteiger partial charge in [-0.2, -0.15) is 5.26 Å². The summed E-state index contributed by atoms with van der Waals surface area (Å²) in [6, 6.07) is 6.00. The third kappa shape index (κ3) is 3.72. The summed E-state index contributed by atoms with van der Waals surface area (Å²) in [6.45, 7) is 1.77. The van der Waals surface area contributed by atoms with Crippen molar-refractivity contribution < 1.29 is 4.74 Å². The Bertz CT molecular complexity index is 394. The highest BCUT2D eigenvalue weighted by atomic mass is 16.5. The second-order valence-corrected chi connectivity index (χ2v) is 4.28. The van der Waals surface area contributed by atoms with Crippen molar-refractivity contribution in [2.24, 2.45) is 0 Å². The van der Waals surface area contributed by atoms with Crippen LogP contribution in [0.25, 0.3) is 0 Å². The molecule has 17 heavy (non-hydrogen) atoms. The Labute approximate surface area is 102 Å². The van der Waals surface area contributed by atoms with Crippen molar-refractivity contribution in [3.05, 3.63) is 23.9 Å². The maximum Gasteiger partial charge on any atom is 0.214 e. The third-order valence-corrected chi connectivity index (χ3v) is 2.99. The standard InChI is InChI=1S/C13H17N3O/c14-10-11-4-7-16-13(9-11)17-8-5-12-3-1-2-6-15-12/h4,7,9,12,15H,1-3,5-6,8H2. The molecule has 2 heterocycles. The van der Waals surface area contributed by atoms with Gasteiger partial charge in [0.1, 0.15) is 0 Å². The molecule has 4 nitrogen and oxygen atoms in total. The first-order valence-electron chi connectivity index (χ1n) is 6.11. The summed E-state index contributed by atoms with van der Waals surface area (Å²) in [4.78, 5) is 4.08. The van der Waals surface area contributed by atoms with Crippen LogP contribution in [0.2, 0.25) is 0 Å². The fourth-order valence-corrected chi connectivity index (χ4v) is 2.03. The normalized spacial score (nSPS) is 19.6. The number of hydrogen-bond acceptors (Lipinski definition) is 4. The van der Waals surface area contributed by atoms with Crippen LogP contribution in [0.1, 0.15) is 31.2 Å². The van der Waals surface area contributed by atoms with Gasteiger partial charge in [-0.15, -0.1) is 0 Å². The molecule has 0 amide bonds. The molecule has 1 aromatic rings. The minimum Gasteiger partial charge on any atom is -0.478 e. The zero-order valence-corrected chi connectivity index (χ0v) is 9.85. The minimum absolute atomic E-state index is 0.542. The summed E-state index contributed by atoms with van der Waals surface area (Å²) in [5.41, 5.74) is 0.589. The van der Waals surface area contributed by atoms with Crippen LogP contribution in [-0.2, 0) is 0 Å². The van der Waals surface area contributed by atoms with Crippen LogP contribution in [-0.4, -0.2) is 24.2 Å². The Morgan fingerprint density at radius 1 is 1.53 bits per heavy atom. The molecule has 0 saturated carbocycles. The molecule has 1 fully saturated rings. The molecule has 0 spiro atoms. The summed E-state index contributed by atoms with van der Waals surface area (Å²) in [6.07, 6.45) is 6.42. The predicted molar refractivity (Wildman–Crippen MR) is 64.7 cm³/mol. The van der Waals surface area contributed by atoms with Crippen LogP contribution >= 0.6 is 0 Å². The number of nitrogens with zero attached hydrogens (tertiary/aromatic N) is 2. The predicted octanol–water partition coefficient (Wildman–Crippen LogP) is 1.86. The van der Waals surface area contributed by atoms with Crippen LogP contribution in [0.4, 0.5) is 0 Å². The quantitative estimate of drug-likeness (QED) is 0.859. The fourth-order valence-electron chi connectivity index (χ4n) is 2.03. The second-order valence-electron chi connectivity index (χ2n) is 4.28. The van der Waals surface area contributed by atoms with Crippen molar-refractivity contribution >= 4 is 0 Å². The maximum atomic E-state index is 8.75. The highest BCUT2D eigenvalue weighted by Gasteiger charge is 2.12. The monoisotopic (exact) mass is 231 g/mol. The summed E-state index contributed by atoms with van der Waals surface area (Å²) in [5, 5.41) is 12.2. The van der Waals surface area contributed by atoms with Gasteiger partial charge in [0.15, 0.2) is 0 Å². The van der Waals surface area contributed by atoms with E-state index in [-0.39, 0.29) is 0 Å². The SMILES string of the molecule is N#Cc1ccnc(OCCC2CCCCN2)c1. The highest BCUT2D eigenvalue weighted by Crippen LogP contribution is 2.12. The van der Waals surface area contributed by atoms with E-state index >= 15 is 0 Å². The Morgan fingerprint density at radius 3 is 3.24 bits per heavy atom. The highest BCUT2D eigenvalue weighted by molar-refractivity contribution is 5.31. The molecule has 90 valence electrons. The number of rotatable bonds is 4. The maximum absolute atomic E-state index is 8.75. The van der Waals surface area contributed by atoms with E-state index in [1.165, 1.54) is 19.3 Å². The topological polar surface area (TPSA) is 57.9 Å². The molecular weight excluding hydrogens is 214 g/mol. The summed E-state index contributed by atoms with van der Waals surface area (Å²) >= 11 is 0. The van der Waals surface area contributed by atoms with Crippen molar-refractivity contribution in [3.8, 4) is 11.9 Å². The van der Waals surface area contributed by atoms with Crippen LogP contribution < -0.4 is 10.1 Å². The lowest BCUT2D eigenvalue weighted by Crippen LogP contribution is -2.35. The first kappa shape index (κ1) is 11.9. The van der Waals surface area contributed by atoms with Crippen molar-refractivity contribution in [3.63, 3.8) is 0 Å². The van der Waals surface area contributed by atoms with E-state index < -0.39 is 0 Å². The van der Waals surface area contributed by atoms with Gasteiger partial charge in [0.05, 0.1) is 18.2 Å². The number of nitriles is 1. The molecule has 1 aliphatic rings. The lowest BCUT2D eigenvalue weighted by Gasteiger charge is -2.23. The van der Waals surface area contributed by atoms with Crippen LogP contribution in [0, 0.1) is 11.3 Å². The zero-order chi connectivity index (χ0) is 11.9. The molecule has 4 heteroatoms. The zero-order valence-electron chi connectivity index (χ0n) is 9.85. The van der Waals surface area contributed by atoms with Gasteiger partial charge in [-0.25, -0.2) is 4.98 Å². The van der Waals surface area contributed by atoms with Gasteiger partial charge in [0.25, 0.3) is 0 Å². The first-order chi connectivity index (χ1) is 8.38. The van der Waals surface area contributed by atoms with E-state index in [4.69, 9.17) is 10.00 Å². The van der Waals surface area contributed by atoms with Gasteiger partial charge < -0.3 is 10.1 Å². The molecule has 0 aliphatic carbocycles. The van der Waals surface area contributed by atoms with Crippen molar-refractivity contribution in [2.75, 3.05) is 13.2 Å². The van der Waals surface area contributed by atoms with Gasteiger partial charge in [0, 0.05) is 18.3 Å². The smallest absolute Gasteiger partial charge is 0.214 e. The average Bonchev–Trinajstić information content (AvgIpc) is 2.40. The largest absolute Gasteiger partial charge is 0.478 e. The van der Waals surface area contributed by atoms with Gasteiger partial charge in [-0.3, -0.25) is 0 Å². The minimum atomic E-state index is 0.542. The van der Waals surface area contributed by atoms with Crippen molar-refractivity contribution in [1.29, 1.82) is 5.26 Å². The number of pyridine rings is 1. The van der Waals surface area contributed by atoms with Crippen LogP contribution in [0.3, 0.4) is 0 Å². The molecule has 1 aromatic heterocycles. The van der Waals surface area contributed by atoms with Crippen LogP contribution in [0.15, 0.2) is 18.3 Å². The lowest BCUT2D eigenvalue weighted by atomic mass is 10.0. The van der Waals surface area contributed by atoms with Crippen molar-refractivity contribution in [1.82, 2.24) is 10.3 Å². The Hall–Kier alpha value is -1.60. The summed E-state index contributed by atoms with van der Waals surface area (Å²) < 4.78 is 5.55. The van der Waals surface area contributed by atoms with E-state index in [0.717, 1.165) is 13.0 Å². The Kier molecular flexibility index (Phi) is 4.34. The number of aromatic nitrogens is 1. The van der Waals surface area contributed by atoms with Crippen molar-refractivity contribution in [2.45, 2.75) is 31.7 Å². The Morgan fingerprint density at radius 2 is 2.47 bits per heavy atom. The first-order valence-corrected chi connectivity index (χ1v) is 6.11. The molecule has 0 radical (unpaired) electrons. The lowest BCUT2D eigenvalue weighted by molar-refractivity contribution is 0.260. The fraction of sp³-hybridized carbons (Fsp3) is 0.538. The molecular formula is C13H17N3O. The Balaban J connectivity index is 1.75. The van der Waals surface area contributed by atoms with E-state index in [0.29, 0.717) is 24.1 Å². The molecule has 1 unspecified atom stereocenters. The molecule has 2 rings (SSSR count). The molecule has 0 bridgehead atoms. The summed E-state index contributed by atoms with van der Waals surface area (Å²) in [7, 11) is 0. The third-order valence-electron chi connectivity index (χ3n) is 2.99. The van der Waals surface area contributed by atoms with Crippen LogP contribution in [0.5, 0.6) is 5.88 Å². The summed E-state index contributed by atoms with van der Waals surface area (Å²) in [5.74, 6) is 0.542. The number of hydrogen-bond donors (Lipinski definition) is 1. The molecule has 1 N–H and O–H groups in total. The van der Waals surface area contributed by atoms with Gasteiger partial charge in [0.2, 0.25) is 5.88 Å². The van der Waals surface area contributed by atoms with Gasteiger partial charge >= 0.3 is 0 Å². The number of nitrogens with one attached hydrogen (secondary N) is 1. The van der Waals surface area contributed by atoms with Gasteiger partial charge in [-0.1, -0.05) is 6.42 Å². The van der Waals surface area contributed by atoms with Gasteiger partial charge in [-0.05, 0) is 31.9 Å². The molecule has 0 aromatic carbocycles. The molecule has 1 aliphatic heterocycles. The average molecular weight is 231 g/mol. The number of ether oxygens (including phenoxy) is 1. The van der Waals surface area contributed by atoms with E-state index in [1.54, 1.807) is 18.3 Å². The molecule has 1 atom stereocenters. The van der Waals surface area contributed by atoms with E-state index in [2.05, 4.69) is 16.4 Å². The van der Waals surface area contributed by atoms with E-state index in [9.17, 15) is 0 Å². The van der Waals surface area contributed by atoms with E-state index in [1.807, 2.05) is 0 Å². The molecule has 1 saturated heterocycles. The second kappa shape index (κ2) is 6.21. The number of piperidine rings is 1.